The minimum atomic E-state index is -0.332. The van der Waals surface area contributed by atoms with Gasteiger partial charge >= 0.3 is 0 Å². The van der Waals surface area contributed by atoms with E-state index in [9.17, 15) is 9.18 Å². The fraction of sp³-hybridized carbons (Fsp3) is 0.235. The molecule has 2 aromatic carbocycles. The molecule has 0 fully saturated rings. The quantitative estimate of drug-likeness (QED) is 0.786. The van der Waals surface area contributed by atoms with E-state index < -0.39 is 0 Å². The van der Waals surface area contributed by atoms with Crippen LogP contribution in [0.4, 0.5) is 4.39 Å². The molecule has 2 rings (SSSR count). The number of hydrogen-bond donors (Lipinski definition) is 0. The molecule has 0 heterocycles. The predicted octanol–water partition coefficient (Wildman–Crippen LogP) is 4.01. The van der Waals surface area contributed by atoms with E-state index in [1.54, 1.807) is 19.1 Å². The van der Waals surface area contributed by atoms with Crippen LogP contribution in [0.5, 0.6) is 5.75 Å². The first kappa shape index (κ1) is 14.3. The molecular formula is C17H17FO2. The summed E-state index contributed by atoms with van der Waals surface area (Å²) in [5, 5.41) is 0. The first-order valence-electron chi connectivity index (χ1n) is 6.47. The van der Waals surface area contributed by atoms with Gasteiger partial charge < -0.3 is 4.74 Å². The summed E-state index contributed by atoms with van der Waals surface area (Å²) < 4.78 is 18.7. The first-order chi connectivity index (χ1) is 9.47. The summed E-state index contributed by atoms with van der Waals surface area (Å²) in [6, 6.07) is 10.3. The number of carbonyl (C=O) groups is 1. The van der Waals surface area contributed by atoms with Crippen molar-refractivity contribution in [1.29, 1.82) is 0 Å². The summed E-state index contributed by atoms with van der Waals surface area (Å²) in [6.45, 7) is 5.41. The fourth-order valence-corrected chi connectivity index (χ4v) is 1.93. The molecule has 0 saturated heterocycles. The Balaban J connectivity index is 2.08. The molecule has 0 N–H and O–H groups in total. The van der Waals surface area contributed by atoms with Crippen molar-refractivity contribution >= 4 is 5.78 Å². The van der Waals surface area contributed by atoms with E-state index in [1.165, 1.54) is 6.07 Å². The molecule has 104 valence electrons. The molecule has 2 nitrogen and oxygen atoms in total. The van der Waals surface area contributed by atoms with Crippen molar-refractivity contribution in [3.8, 4) is 5.75 Å². The van der Waals surface area contributed by atoms with Crippen LogP contribution in [0.3, 0.4) is 0 Å². The molecule has 0 aromatic heterocycles. The fourth-order valence-electron chi connectivity index (χ4n) is 1.93. The molecule has 0 aliphatic rings. The van der Waals surface area contributed by atoms with Gasteiger partial charge in [0.15, 0.2) is 12.4 Å². The summed E-state index contributed by atoms with van der Waals surface area (Å²) in [5.74, 6) is -0.0689. The van der Waals surface area contributed by atoms with Gasteiger partial charge in [0.25, 0.3) is 0 Å². The van der Waals surface area contributed by atoms with Crippen molar-refractivity contribution < 1.29 is 13.9 Å². The SMILES string of the molecule is Cc1ccc(C)c(C(=O)COc2ccc(C)c(F)c2)c1. The van der Waals surface area contributed by atoms with Gasteiger partial charge in [-0.25, -0.2) is 4.39 Å². The third-order valence-corrected chi connectivity index (χ3v) is 3.21. The molecule has 0 radical (unpaired) electrons. The van der Waals surface area contributed by atoms with Gasteiger partial charge in [0, 0.05) is 11.6 Å². The monoisotopic (exact) mass is 272 g/mol. The highest BCUT2D eigenvalue weighted by Gasteiger charge is 2.10. The standard InChI is InChI=1S/C17H17FO2/c1-11-4-5-12(2)15(8-11)17(19)10-20-14-7-6-13(3)16(18)9-14/h4-9H,10H2,1-3H3. The number of halogens is 1. The van der Waals surface area contributed by atoms with Crippen LogP contribution in [0.2, 0.25) is 0 Å². The number of hydrogen-bond acceptors (Lipinski definition) is 2. The van der Waals surface area contributed by atoms with E-state index in [0.717, 1.165) is 11.1 Å². The molecule has 0 atom stereocenters. The smallest absolute Gasteiger partial charge is 0.200 e. The number of aryl methyl sites for hydroxylation is 3. The van der Waals surface area contributed by atoms with Gasteiger partial charge in [-0.2, -0.15) is 0 Å². The number of carbonyl (C=O) groups excluding carboxylic acids is 1. The molecule has 2 aromatic rings. The molecule has 3 heteroatoms. The Morgan fingerprint density at radius 2 is 1.75 bits per heavy atom. The Bertz CT molecular complexity index is 647. The van der Waals surface area contributed by atoms with Crippen molar-refractivity contribution in [1.82, 2.24) is 0 Å². The maximum atomic E-state index is 13.4. The predicted molar refractivity (Wildman–Crippen MR) is 76.9 cm³/mol. The van der Waals surface area contributed by atoms with Crippen LogP contribution in [0.1, 0.15) is 27.0 Å². The minimum Gasteiger partial charge on any atom is -0.485 e. The van der Waals surface area contributed by atoms with Crippen molar-refractivity contribution in [2.75, 3.05) is 6.61 Å². The molecule has 0 amide bonds. The van der Waals surface area contributed by atoms with Crippen LogP contribution in [0.25, 0.3) is 0 Å². The van der Waals surface area contributed by atoms with Gasteiger partial charge in [0.05, 0.1) is 0 Å². The second-order valence-electron chi connectivity index (χ2n) is 4.94. The lowest BCUT2D eigenvalue weighted by Gasteiger charge is -2.09. The van der Waals surface area contributed by atoms with Gasteiger partial charge in [-0.1, -0.05) is 23.8 Å². The topological polar surface area (TPSA) is 26.3 Å². The Hall–Kier alpha value is -2.16. The molecule has 0 saturated carbocycles. The Kier molecular flexibility index (Phi) is 4.18. The van der Waals surface area contributed by atoms with Crippen LogP contribution < -0.4 is 4.74 Å². The molecule has 0 aliphatic heterocycles. The Morgan fingerprint density at radius 1 is 1.05 bits per heavy atom. The van der Waals surface area contributed by atoms with Crippen molar-refractivity contribution in [2.24, 2.45) is 0 Å². The Labute approximate surface area is 118 Å². The summed E-state index contributed by atoms with van der Waals surface area (Å²) in [5.41, 5.74) is 3.15. The highest BCUT2D eigenvalue weighted by molar-refractivity contribution is 5.98. The van der Waals surface area contributed by atoms with E-state index in [1.807, 2.05) is 32.0 Å². The number of ketones is 1. The van der Waals surface area contributed by atoms with E-state index in [-0.39, 0.29) is 18.2 Å². The zero-order valence-corrected chi connectivity index (χ0v) is 11.9. The van der Waals surface area contributed by atoms with Gasteiger partial charge in [-0.05, 0) is 44.0 Å². The maximum Gasteiger partial charge on any atom is 0.200 e. The molecular weight excluding hydrogens is 255 g/mol. The third kappa shape index (κ3) is 3.23. The summed E-state index contributed by atoms with van der Waals surface area (Å²) >= 11 is 0. The average Bonchev–Trinajstić information content (AvgIpc) is 2.42. The average molecular weight is 272 g/mol. The lowest BCUT2D eigenvalue weighted by molar-refractivity contribution is 0.0920. The molecule has 0 spiro atoms. The van der Waals surface area contributed by atoms with Crippen LogP contribution >= 0.6 is 0 Å². The first-order valence-corrected chi connectivity index (χ1v) is 6.47. The lowest BCUT2D eigenvalue weighted by Crippen LogP contribution is -2.13. The largest absolute Gasteiger partial charge is 0.485 e. The number of rotatable bonds is 4. The number of ether oxygens (including phenoxy) is 1. The van der Waals surface area contributed by atoms with Crippen LogP contribution in [0.15, 0.2) is 36.4 Å². The van der Waals surface area contributed by atoms with E-state index in [0.29, 0.717) is 16.9 Å². The van der Waals surface area contributed by atoms with Crippen molar-refractivity contribution in [3.05, 3.63) is 64.5 Å². The number of benzene rings is 2. The summed E-state index contributed by atoms with van der Waals surface area (Å²) in [6.07, 6.45) is 0. The van der Waals surface area contributed by atoms with Crippen molar-refractivity contribution in [3.63, 3.8) is 0 Å². The normalized spacial score (nSPS) is 10.4. The second kappa shape index (κ2) is 5.87. The molecule has 20 heavy (non-hydrogen) atoms. The highest BCUT2D eigenvalue weighted by Crippen LogP contribution is 2.17. The van der Waals surface area contributed by atoms with E-state index in [4.69, 9.17) is 4.74 Å². The summed E-state index contributed by atoms with van der Waals surface area (Å²) in [4.78, 5) is 12.1. The van der Waals surface area contributed by atoms with Crippen molar-refractivity contribution in [2.45, 2.75) is 20.8 Å². The maximum absolute atomic E-state index is 13.4. The minimum absolute atomic E-state index is 0.0905. The van der Waals surface area contributed by atoms with Gasteiger partial charge in [-0.15, -0.1) is 0 Å². The molecule has 0 unspecified atom stereocenters. The van der Waals surface area contributed by atoms with Crippen LogP contribution in [0, 0.1) is 26.6 Å². The van der Waals surface area contributed by atoms with Crippen LogP contribution in [-0.2, 0) is 0 Å². The molecule has 0 bridgehead atoms. The summed E-state index contributed by atoms with van der Waals surface area (Å²) in [7, 11) is 0. The van der Waals surface area contributed by atoms with E-state index >= 15 is 0 Å². The molecule has 0 aliphatic carbocycles. The van der Waals surface area contributed by atoms with Crippen LogP contribution in [-0.4, -0.2) is 12.4 Å². The second-order valence-corrected chi connectivity index (χ2v) is 4.94. The van der Waals surface area contributed by atoms with Gasteiger partial charge in [0.1, 0.15) is 11.6 Å². The zero-order chi connectivity index (χ0) is 14.7. The van der Waals surface area contributed by atoms with E-state index in [2.05, 4.69) is 0 Å². The zero-order valence-electron chi connectivity index (χ0n) is 11.9. The number of Topliss-reactive ketones (excluding diaryl/α,β-unsaturated/α-hetero) is 1. The highest BCUT2D eigenvalue weighted by atomic mass is 19.1. The third-order valence-electron chi connectivity index (χ3n) is 3.21. The lowest BCUT2D eigenvalue weighted by atomic mass is 10.0. The Morgan fingerprint density at radius 3 is 2.45 bits per heavy atom. The van der Waals surface area contributed by atoms with Gasteiger partial charge in [-0.3, -0.25) is 4.79 Å². The van der Waals surface area contributed by atoms with Gasteiger partial charge in [0.2, 0.25) is 0 Å².